The molecule has 188 valence electrons. The number of hydrogen-bond acceptors (Lipinski definition) is 8. The molecule has 0 bridgehead atoms. The van der Waals surface area contributed by atoms with Crippen molar-refractivity contribution in [3.05, 3.63) is 0 Å². The maximum absolute atomic E-state index is 12.5. The van der Waals surface area contributed by atoms with Crippen LogP contribution >= 0.6 is 10.0 Å². The molecule has 0 fully saturated rings. The lowest BCUT2D eigenvalue weighted by atomic mass is 10.1. The van der Waals surface area contributed by atoms with Crippen LogP contribution in [0.2, 0.25) is 0 Å². The summed E-state index contributed by atoms with van der Waals surface area (Å²) in [5.41, 5.74) is 4.17. The first-order valence-electron chi connectivity index (χ1n) is 10.4. The van der Waals surface area contributed by atoms with Gasteiger partial charge in [-0.2, -0.15) is 0 Å². The molecule has 0 unspecified atom stereocenters. The number of rotatable bonds is 10. The van der Waals surface area contributed by atoms with Gasteiger partial charge in [-0.3, -0.25) is 9.59 Å². The second-order valence-corrected chi connectivity index (χ2v) is 14.9. The Kier molecular flexibility index (Phi) is 11.5. The Morgan fingerprint density at radius 2 is 1.44 bits per heavy atom. The minimum atomic E-state index is -1.28. The van der Waals surface area contributed by atoms with E-state index in [4.69, 9.17) is 19.9 Å². The molecule has 32 heavy (non-hydrogen) atoms. The van der Waals surface area contributed by atoms with Gasteiger partial charge in [-0.05, 0) is 60.3 Å². The van der Waals surface area contributed by atoms with Crippen molar-refractivity contribution in [3.63, 3.8) is 0 Å². The Morgan fingerprint density at radius 3 is 1.91 bits per heavy atom. The van der Waals surface area contributed by atoms with Crippen molar-refractivity contribution in [1.29, 1.82) is 0 Å². The molecule has 0 radical (unpaired) electrons. The van der Waals surface area contributed by atoms with Crippen molar-refractivity contribution in [2.24, 2.45) is 5.73 Å². The quantitative estimate of drug-likeness (QED) is 0.314. The molecular weight excluding hydrogens is 438 g/mol. The van der Waals surface area contributed by atoms with Crippen LogP contribution in [0.15, 0.2) is 0 Å². The Labute approximate surface area is 193 Å². The van der Waals surface area contributed by atoms with Gasteiger partial charge >= 0.3 is 18.0 Å². The van der Waals surface area contributed by atoms with E-state index >= 15 is 0 Å². The van der Waals surface area contributed by atoms with E-state index in [2.05, 4.69) is 29.4 Å². The monoisotopic (exact) mass is 479 g/mol. The molecule has 10 nitrogen and oxygen atoms in total. The van der Waals surface area contributed by atoms with Crippen molar-refractivity contribution in [2.45, 2.75) is 71.2 Å². The van der Waals surface area contributed by atoms with E-state index in [-0.39, 0.29) is 13.2 Å². The van der Waals surface area contributed by atoms with Gasteiger partial charge in [0.15, 0.2) is 0 Å². The Hall–Kier alpha value is -2.01. The van der Waals surface area contributed by atoms with Crippen LogP contribution in [0.4, 0.5) is 4.79 Å². The first-order valence-corrected chi connectivity index (χ1v) is 13.4. The third-order valence-electron chi connectivity index (χ3n) is 3.53. The molecule has 2 atom stereocenters. The maximum Gasteiger partial charge on any atom is 0.408 e. The second-order valence-electron chi connectivity index (χ2n) is 10.3. The molecule has 0 saturated carbocycles. The molecule has 0 rings (SSSR count). The smallest absolute Gasteiger partial charge is 0.408 e. The first kappa shape index (κ1) is 30.0. The zero-order chi connectivity index (χ0) is 25.3. The fraction of sp³-hybridized carbons (Fsp3) is 0.810. The van der Waals surface area contributed by atoms with E-state index in [1.807, 2.05) is 0 Å². The number of carbonyl (C=O) groups excluding carboxylic acids is 4. The minimum Gasteiger partial charge on any atom is -0.464 e. The zero-order valence-corrected chi connectivity index (χ0v) is 21.6. The van der Waals surface area contributed by atoms with E-state index in [1.165, 1.54) is 0 Å². The normalized spacial score (nSPS) is 14.6. The summed E-state index contributed by atoms with van der Waals surface area (Å²) in [6, 6.07) is -2.32. The lowest BCUT2D eigenvalue weighted by Gasteiger charge is -2.26. The van der Waals surface area contributed by atoms with Crippen molar-refractivity contribution in [3.8, 4) is 0 Å². The molecule has 2 amide bonds. The average molecular weight is 480 g/mol. The number of nitrogens with one attached hydrogen (secondary N) is 2. The molecule has 0 aliphatic carbocycles. The van der Waals surface area contributed by atoms with Gasteiger partial charge in [0.25, 0.3) is 0 Å². The SMILES string of the molecule is CC(C)(C)OC(=O)N[C@@H](CC(=O)NC[C@@H](N)C(=O)OCCS(C)(C)C)C(=O)OC(C)(C)C. The van der Waals surface area contributed by atoms with E-state index in [1.54, 1.807) is 41.5 Å². The maximum atomic E-state index is 12.5. The van der Waals surface area contributed by atoms with E-state index in [0.717, 1.165) is 5.75 Å². The molecule has 0 aromatic carbocycles. The van der Waals surface area contributed by atoms with E-state index in [9.17, 15) is 19.2 Å². The summed E-state index contributed by atoms with van der Waals surface area (Å²) in [7, 11) is -0.804. The predicted molar refractivity (Wildman–Crippen MR) is 126 cm³/mol. The van der Waals surface area contributed by atoms with Crippen LogP contribution in [0.1, 0.15) is 48.0 Å². The van der Waals surface area contributed by atoms with Gasteiger partial charge in [0.05, 0.1) is 13.0 Å². The Bertz CT molecular complexity index is 664. The number of amides is 2. The summed E-state index contributed by atoms with van der Waals surface area (Å²) in [5.74, 6) is -1.25. The lowest BCUT2D eigenvalue weighted by Crippen LogP contribution is -2.49. The lowest BCUT2D eigenvalue weighted by molar-refractivity contribution is -0.158. The number of ether oxygens (including phenoxy) is 3. The van der Waals surface area contributed by atoms with Gasteiger partial charge in [0.1, 0.15) is 23.3 Å². The fourth-order valence-corrected chi connectivity index (χ4v) is 2.66. The average Bonchev–Trinajstić information content (AvgIpc) is 2.54. The van der Waals surface area contributed by atoms with Crippen LogP contribution in [0.5, 0.6) is 0 Å². The highest BCUT2D eigenvalue weighted by Gasteiger charge is 2.31. The second kappa shape index (κ2) is 12.3. The van der Waals surface area contributed by atoms with Crippen molar-refractivity contribution < 1.29 is 33.4 Å². The molecule has 0 aliphatic rings. The summed E-state index contributed by atoms with van der Waals surface area (Å²) in [6.45, 7) is 10.1. The van der Waals surface area contributed by atoms with Gasteiger partial charge < -0.3 is 30.6 Å². The largest absolute Gasteiger partial charge is 0.464 e. The third kappa shape index (κ3) is 15.7. The number of carbonyl (C=O) groups is 4. The number of esters is 2. The van der Waals surface area contributed by atoms with Gasteiger partial charge in [-0.25, -0.2) is 19.6 Å². The summed E-state index contributed by atoms with van der Waals surface area (Å²) in [4.78, 5) is 48.9. The first-order chi connectivity index (χ1) is 14.3. The summed E-state index contributed by atoms with van der Waals surface area (Å²) in [5, 5.41) is 4.84. The summed E-state index contributed by atoms with van der Waals surface area (Å²) in [6.07, 6.45) is 5.04. The van der Waals surface area contributed by atoms with Gasteiger partial charge in [-0.15, -0.1) is 0 Å². The standard InChI is InChI=1S/C21H41N3O7S/c1-20(2,3)30-18(27)15(24-19(28)31-21(4,5)6)12-16(25)23-13-14(22)17(26)29-10-11-32(7,8)9/h14-15H,10-13,22H2,1-9H3,(H,23,25)(H,24,28)/t14-,15+/m1/s1. The molecule has 0 aromatic rings. The predicted octanol–water partition coefficient (Wildman–Crippen LogP) is 1.29. The Balaban J connectivity index is 4.86. The van der Waals surface area contributed by atoms with Crippen LogP contribution in [0.25, 0.3) is 0 Å². The van der Waals surface area contributed by atoms with Gasteiger partial charge in [-0.1, -0.05) is 0 Å². The molecule has 0 aliphatic heterocycles. The van der Waals surface area contributed by atoms with Crippen LogP contribution in [0.3, 0.4) is 0 Å². The molecule has 0 saturated heterocycles. The third-order valence-corrected chi connectivity index (χ3v) is 4.93. The number of nitrogens with two attached hydrogens (primary N) is 1. The highest BCUT2D eigenvalue weighted by atomic mass is 32.3. The van der Waals surface area contributed by atoms with Crippen molar-refractivity contribution in [2.75, 3.05) is 37.7 Å². The highest BCUT2D eigenvalue weighted by Crippen LogP contribution is 2.33. The van der Waals surface area contributed by atoms with Crippen molar-refractivity contribution >= 4 is 34.0 Å². The van der Waals surface area contributed by atoms with Gasteiger partial charge in [0.2, 0.25) is 5.91 Å². The Morgan fingerprint density at radius 1 is 0.906 bits per heavy atom. The van der Waals surface area contributed by atoms with Gasteiger partial charge in [0, 0.05) is 12.3 Å². The van der Waals surface area contributed by atoms with Crippen LogP contribution in [0, 0.1) is 0 Å². The molecule has 0 heterocycles. The van der Waals surface area contributed by atoms with Crippen LogP contribution in [-0.4, -0.2) is 84.9 Å². The zero-order valence-electron chi connectivity index (χ0n) is 20.8. The number of alkyl carbamates (subject to hydrolysis) is 1. The van der Waals surface area contributed by atoms with Crippen LogP contribution in [-0.2, 0) is 28.6 Å². The minimum absolute atomic E-state index is 0.173. The molecule has 4 N–H and O–H groups in total. The fourth-order valence-electron chi connectivity index (χ4n) is 2.08. The van der Waals surface area contributed by atoms with Crippen molar-refractivity contribution in [1.82, 2.24) is 10.6 Å². The molecule has 0 spiro atoms. The highest BCUT2D eigenvalue weighted by molar-refractivity contribution is 8.32. The molecule has 0 aromatic heterocycles. The van der Waals surface area contributed by atoms with E-state index in [0.29, 0.717) is 0 Å². The molecule has 11 heteroatoms. The topological polar surface area (TPSA) is 146 Å². The van der Waals surface area contributed by atoms with E-state index < -0.39 is 63.7 Å². The summed E-state index contributed by atoms with van der Waals surface area (Å²) < 4.78 is 15.6. The molecular formula is C21H41N3O7S. The summed E-state index contributed by atoms with van der Waals surface area (Å²) >= 11 is 0. The number of hydrogen-bond donors (Lipinski definition) is 3. The van der Waals surface area contributed by atoms with Crippen LogP contribution < -0.4 is 16.4 Å².